The summed E-state index contributed by atoms with van der Waals surface area (Å²) in [5, 5.41) is 3.01. The van der Waals surface area contributed by atoms with Gasteiger partial charge in [-0.05, 0) is 59.3 Å². The van der Waals surface area contributed by atoms with Gasteiger partial charge in [-0.2, -0.15) is 0 Å². The molecule has 2 aromatic carbocycles. The van der Waals surface area contributed by atoms with Crippen LogP contribution >= 0.6 is 22.6 Å². The zero-order valence-corrected chi connectivity index (χ0v) is 12.3. The molecule has 1 nitrogen and oxygen atoms in total. The minimum Gasteiger partial charge on any atom is -0.381 e. The average molecular weight is 377 g/mol. The maximum atomic E-state index is 13.4. The third-order valence-electron chi connectivity index (χ3n) is 2.75. The first-order valence-corrected chi connectivity index (χ1v) is 6.68. The van der Waals surface area contributed by atoms with Crippen LogP contribution in [-0.2, 0) is 6.54 Å². The Morgan fingerprint density at radius 2 is 1.68 bits per heavy atom. The summed E-state index contributed by atoms with van der Waals surface area (Å²) >= 11 is 2.20. The van der Waals surface area contributed by atoms with Gasteiger partial charge < -0.3 is 5.32 Å². The van der Waals surface area contributed by atoms with E-state index in [2.05, 4.69) is 27.9 Å². The molecular weight excluding hydrogens is 366 g/mol. The molecule has 2 rings (SSSR count). The Balaban J connectivity index is 2.16. The third kappa shape index (κ3) is 3.40. The van der Waals surface area contributed by atoms with E-state index in [0.29, 0.717) is 6.07 Å². The summed E-state index contributed by atoms with van der Waals surface area (Å²) in [7, 11) is 0. The van der Waals surface area contributed by atoms with Crippen LogP contribution in [0.15, 0.2) is 30.3 Å². The normalized spacial score (nSPS) is 10.6. The minimum absolute atomic E-state index is 0.0943. The second-order valence-electron chi connectivity index (χ2n) is 4.17. The van der Waals surface area contributed by atoms with Gasteiger partial charge in [0.2, 0.25) is 0 Å². The fraction of sp³-hybridized carbons (Fsp3) is 0.143. The van der Waals surface area contributed by atoms with Gasteiger partial charge in [-0.1, -0.05) is 0 Å². The first kappa shape index (κ1) is 14.2. The lowest BCUT2D eigenvalue weighted by molar-refractivity contribution is 0.490. The lowest BCUT2D eigenvalue weighted by atomic mass is 10.1. The lowest BCUT2D eigenvalue weighted by Gasteiger charge is -2.11. The Morgan fingerprint density at radius 3 is 2.37 bits per heavy atom. The first-order valence-electron chi connectivity index (χ1n) is 5.61. The number of aryl methyl sites for hydroxylation is 1. The van der Waals surface area contributed by atoms with Crippen molar-refractivity contribution in [2.45, 2.75) is 13.5 Å². The van der Waals surface area contributed by atoms with Crippen molar-refractivity contribution in [3.63, 3.8) is 0 Å². The van der Waals surface area contributed by atoms with E-state index in [1.165, 1.54) is 0 Å². The maximum absolute atomic E-state index is 13.4. The number of anilines is 1. The molecule has 0 amide bonds. The number of halogens is 4. The Labute approximate surface area is 123 Å². The monoisotopic (exact) mass is 377 g/mol. The molecule has 0 radical (unpaired) electrons. The Hall–Kier alpha value is -1.24. The molecule has 2 aromatic rings. The molecule has 0 aliphatic carbocycles. The molecule has 0 saturated carbocycles. The van der Waals surface area contributed by atoms with Gasteiger partial charge in [0.25, 0.3) is 0 Å². The quantitative estimate of drug-likeness (QED) is 0.608. The molecule has 1 N–H and O–H groups in total. The summed E-state index contributed by atoms with van der Waals surface area (Å²) in [6.07, 6.45) is 0. The van der Waals surface area contributed by atoms with Crippen LogP contribution in [0.25, 0.3) is 0 Å². The van der Waals surface area contributed by atoms with Crippen LogP contribution in [0.5, 0.6) is 0 Å². The molecule has 0 spiro atoms. The van der Waals surface area contributed by atoms with Gasteiger partial charge in [0.15, 0.2) is 11.6 Å². The largest absolute Gasteiger partial charge is 0.381 e. The van der Waals surface area contributed by atoms with Crippen molar-refractivity contribution in [1.82, 2.24) is 0 Å². The van der Waals surface area contributed by atoms with Crippen molar-refractivity contribution in [3.8, 4) is 0 Å². The highest BCUT2D eigenvalue weighted by atomic mass is 127. The van der Waals surface area contributed by atoms with E-state index in [4.69, 9.17) is 0 Å². The lowest BCUT2D eigenvalue weighted by Crippen LogP contribution is -2.04. The third-order valence-corrected chi connectivity index (χ3v) is 3.42. The van der Waals surface area contributed by atoms with Crippen molar-refractivity contribution in [3.05, 3.63) is 62.5 Å². The summed E-state index contributed by atoms with van der Waals surface area (Å²) in [5.74, 6) is -2.97. The molecule has 0 unspecified atom stereocenters. The zero-order valence-electron chi connectivity index (χ0n) is 10.1. The first-order chi connectivity index (χ1) is 8.97. The summed E-state index contributed by atoms with van der Waals surface area (Å²) in [5.41, 5.74) is 1.94. The molecule has 0 aromatic heterocycles. The number of rotatable bonds is 3. The van der Waals surface area contributed by atoms with Crippen LogP contribution in [-0.4, -0.2) is 0 Å². The van der Waals surface area contributed by atoms with E-state index in [9.17, 15) is 13.2 Å². The zero-order chi connectivity index (χ0) is 14.0. The van der Waals surface area contributed by atoms with Crippen molar-refractivity contribution in [1.29, 1.82) is 0 Å². The molecular formula is C14H11F3IN. The van der Waals surface area contributed by atoms with Gasteiger partial charge in [0.05, 0.1) is 0 Å². The second-order valence-corrected chi connectivity index (χ2v) is 5.42. The van der Waals surface area contributed by atoms with Crippen LogP contribution < -0.4 is 5.32 Å². The van der Waals surface area contributed by atoms with Crippen LogP contribution in [0.3, 0.4) is 0 Å². The number of nitrogens with one attached hydrogen (secondary N) is 1. The Morgan fingerprint density at radius 1 is 1.00 bits per heavy atom. The Kier molecular flexibility index (Phi) is 4.34. The standard InChI is InChI=1S/C14H11F3IN/c1-8-4-10(18)2-3-14(8)19-7-9-5-12(16)13(17)6-11(9)15/h2-6,19H,7H2,1H3. The SMILES string of the molecule is Cc1cc(I)ccc1NCc1cc(F)c(F)cc1F. The molecule has 0 saturated heterocycles. The summed E-state index contributed by atoms with van der Waals surface area (Å²) in [6.45, 7) is 2.02. The van der Waals surface area contributed by atoms with Crippen LogP contribution in [0.4, 0.5) is 18.9 Å². The number of hydrogen-bond acceptors (Lipinski definition) is 1. The molecule has 0 fully saturated rings. The average Bonchev–Trinajstić information content (AvgIpc) is 2.34. The highest BCUT2D eigenvalue weighted by Gasteiger charge is 2.09. The van der Waals surface area contributed by atoms with E-state index in [1.54, 1.807) is 0 Å². The molecule has 100 valence electrons. The van der Waals surface area contributed by atoms with E-state index < -0.39 is 17.5 Å². The predicted octanol–water partition coefficient (Wildman–Crippen LogP) is 4.63. The summed E-state index contributed by atoms with van der Waals surface area (Å²) in [6, 6.07) is 7.20. The molecule has 0 atom stereocenters. The Bertz CT molecular complexity index is 614. The molecule has 0 aliphatic rings. The topological polar surface area (TPSA) is 12.0 Å². The fourth-order valence-electron chi connectivity index (χ4n) is 1.72. The number of benzene rings is 2. The molecule has 0 aliphatic heterocycles. The van der Waals surface area contributed by atoms with Crippen LogP contribution in [0, 0.1) is 27.9 Å². The smallest absolute Gasteiger partial charge is 0.161 e. The van der Waals surface area contributed by atoms with Crippen molar-refractivity contribution in [2.75, 3.05) is 5.32 Å². The molecule has 19 heavy (non-hydrogen) atoms. The predicted molar refractivity (Wildman–Crippen MR) is 77.5 cm³/mol. The molecule has 0 bridgehead atoms. The van der Waals surface area contributed by atoms with E-state index in [0.717, 1.165) is 20.9 Å². The van der Waals surface area contributed by atoms with Gasteiger partial charge in [-0.3, -0.25) is 0 Å². The van der Waals surface area contributed by atoms with Crippen molar-refractivity contribution in [2.24, 2.45) is 0 Å². The van der Waals surface area contributed by atoms with E-state index in [1.807, 2.05) is 25.1 Å². The van der Waals surface area contributed by atoms with Crippen LogP contribution in [0.1, 0.15) is 11.1 Å². The fourth-order valence-corrected chi connectivity index (χ4v) is 2.36. The summed E-state index contributed by atoms with van der Waals surface area (Å²) in [4.78, 5) is 0. The van der Waals surface area contributed by atoms with Gasteiger partial charge in [-0.15, -0.1) is 0 Å². The molecule has 0 heterocycles. The molecule has 5 heteroatoms. The van der Waals surface area contributed by atoms with E-state index >= 15 is 0 Å². The number of hydrogen-bond donors (Lipinski definition) is 1. The van der Waals surface area contributed by atoms with Gasteiger partial charge >= 0.3 is 0 Å². The van der Waals surface area contributed by atoms with Gasteiger partial charge in [0, 0.05) is 27.4 Å². The maximum Gasteiger partial charge on any atom is 0.161 e. The van der Waals surface area contributed by atoms with Crippen molar-refractivity contribution >= 4 is 28.3 Å². The minimum atomic E-state index is -1.17. The highest BCUT2D eigenvalue weighted by molar-refractivity contribution is 14.1. The highest BCUT2D eigenvalue weighted by Crippen LogP contribution is 2.20. The second kappa shape index (κ2) is 5.81. The van der Waals surface area contributed by atoms with Crippen molar-refractivity contribution < 1.29 is 13.2 Å². The van der Waals surface area contributed by atoms with Gasteiger partial charge in [0.1, 0.15) is 5.82 Å². The van der Waals surface area contributed by atoms with Crippen LogP contribution in [0.2, 0.25) is 0 Å². The van der Waals surface area contributed by atoms with E-state index in [-0.39, 0.29) is 12.1 Å². The van der Waals surface area contributed by atoms with Gasteiger partial charge in [-0.25, -0.2) is 13.2 Å². The summed E-state index contributed by atoms with van der Waals surface area (Å²) < 4.78 is 40.4.